The Morgan fingerprint density at radius 1 is 1.26 bits per heavy atom. The Kier molecular flexibility index (Phi) is 5.41. The fourth-order valence-corrected chi connectivity index (χ4v) is 2.56. The van der Waals surface area contributed by atoms with E-state index >= 15 is 0 Å². The van der Waals surface area contributed by atoms with Crippen LogP contribution in [0.3, 0.4) is 0 Å². The van der Waals surface area contributed by atoms with Crippen molar-refractivity contribution in [3.05, 3.63) is 66.8 Å². The quantitative estimate of drug-likeness (QED) is 0.562. The van der Waals surface area contributed by atoms with Gasteiger partial charge in [0, 0.05) is 6.20 Å². The second-order valence-electron chi connectivity index (χ2n) is 5.76. The first-order valence-electron chi connectivity index (χ1n) is 8.15. The molecule has 3 aromatic heterocycles. The molecule has 2 amide bonds. The van der Waals surface area contributed by atoms with Crippen LogP contribution in [0, 0.1) is 0 Å². The van der Waals surface area contributed by atoms with Crippen LogP contribution in [0.1, 0.15) is 22.5 Å². The average molecular weight is 367 g/mol. The van der Waals surface area contributed by atoms with Gasteiger partial charge in [-0.15, -0.1) is 0 Å². The molecule has 3 rings (SSSR count). The lowest BCUT2D eigenvalue weighted by molar-refractivity contribution is -0.137. The number of imidazole rings is 1. The van der Waals surface area contributed by atoms with Gasteiger partial charge in [-0.25, -0.2) is 9.97 Å². The number of primary amides is 1. The second-order valence-corrected chi connectivity index (χ2v) is 5.76. The summed E-state index contributed by atoms with van der Waals surface area (Å²) in [5.74, 6) is -2.04. The van der Waals surface area contributed by atoms with Crippen molar-refractivity contribution >= 4 is 17.6 Å². The summed E-state index contributed by atoms with van der Waals surface area (Å²) in [6.45, 7) is 0. The molecule has 9 nitrogen and oxygen atoms in total. The number of aromatic nitrogens is 3. The highest BCUT2D eigenvalue weighted by Gasteiger charge is 2.26. The number of carbonyl (C=O) groups is 3. The largest absolute Gasteiger partial charge is 0.472 e. The number of hydrogen-bond donors (Lipinski definition) is 2. The first-order valence-corrected chi connectivity index (χ1v) is 8.15. The van der Waals surface area contributed by atoms with Gasteiger partial charge in [0.1, 0.15) is 17.8 Å². The number of nitrogens with two attached hydrogens (primary N) is 1. The van der Waals surface area contributed by atoms with Gasteiger partial charge in [0.2, 0.25) is 5.78 Å². The van der Waals surface area contributed by atoms with Crippen molar-refractivity contribution in [3.63, 3.8) is 0 Å². The molecule has 0 saturated heterocycles. The van der Waals surface area contributed by atoms with E-state index in [4.69, 9.17) is 10.2 Å². The van der Waals surface area contributed by atoms with Crippen molar-refractivity contribution in [2.45, 2.75) is 18.9 Å². The van der Waals surface area contributed by atoms with Gasteiger partial charge in [0.25, 0.3) is 11.8 Å². The molecule has 3 aromatic rings. The van der Waals surface area contributed by atoms with Crippen molar-refractivity contribution in [3.8, 4) is 5.82 Å². The zero-order valence-electron chi connectivity index (χ0n) is 14.2. The molecule has 0 bridgehead atoms. The Hall–Kier alpha value is -3.75. The number of carbonyl (C=O) groups excluding carboxylic acids is 3. The summed E-state index contributed by atoms with van der Waals surface area (Å²) in [5, 5.41) is 2.56. The van der Waals surface area contributed by atoms with Crippen molar-refractivity contribution in [2.75, 3.05) is 0 Å². The van der Waals surface area contributed by atoms with Crippen LogP contribution < -0.4 is 11.1 Å². The molecule has 0 fully saturated rings. The van der Waals surface area contributed by atoms with Gasteiger partial charge in [-0.05, 0) is 36.6 Å². The Morgan fingerprint density at radius 2 is 2.11 bits per heavy atom. The summed E-state index contributed by atoms with van der Waals surface area (Å²) >= 11 is 0. The molecule has 3 N–H and O–H groups in total. The van der Waals surface area contributed by atoms with Gasteiger partial charge in [0.05, 0.1) is 24.8 Å². The molecule has 9 heteroatoms. The highest BCUT2D eigenvalue weighted by molar-refractivity contribution is 6.37. The van der Waals surface area contributed by atoms with Gasteiger partial charge in [-0.2, -0.15) is 0 Å². The summed E-state index contributed by atoms with van der Waals surface area (Å²) in [6.07, 6.45) is 8.04. The molecule has 138 valence electrons. The van der Waals surface area contributed by atoms with Crippen molar-refractivity contribution in [1.29, 1.82) is 0 Å². The summed E-state index contributed by atoms with van der Waals surface area (Å²) in [6, 6.07) is 5.91. The molecule has 1 atom stereocenters. The standard InChI is InChI=1S/C18H17N5O4/c19-17(25)16(24)13(5-4-12-6-8-27-10-12)22-18(26)14-9-20-11-23(14)15-3-1-2-7-21-15/h1-3,6-11,13H,4-5H2,(H2,19,25)(H,22,26). The minimum atomic E-state index is -1.11. The van der Waals surface area contributed by atoms with E-state index in [-0.39, 0.29) is 12.1 Å². The van der Waals surface area contributed by atoms with E-state index in [1.807, 2.05) is 0 Å². The van der Waals surface area contributed by atoms with Crippen LogP contribution in [0.4, 0.5) is 0 Å². The molecular formula is C18H17N5O4. The Balaban J connectivity index is 1.77. The first kappa shape index (κ1) is 18.1. The molecule has 0 aromatic carbocycles. The molecule has 0 aliphatic carbocycles. The maximum atomic E-state index is 12.7. The fraction of sp³-hybridized carbons (Fsp3) is 0.167. The number of furan rings is 1. The van der Waals surface area contributed by atoms with E-state index < -0.39 is 23.6 Å². The first-order chi connectivity index (χ1) is 13.1. The smallest absolute Gasteiger partial charge is 0.287 e. The number of nitrogens with one attached hydrogen (secondary N) is 1. The van der Waals surface area contributed by atoms with E-state index in [0.29, 0.717) is 12.2 Å². The Bertz CT molecular complexity index is 934. The minimum absolute atomic E-state index is 0.180. The number of amides is 2. The number of Topliss-reactive ketones (excluding diaryl/α,β-unsaturated/α-hetero) is 1. The van der Waals surface area contributed by atoms with Crippen LogP contribution in [-0.4, -0.2) is 38.2 Å². The van der Waals surface area contributed by atoms with Gasteiger partial charge < -0.3 is 15.5 Å². The molecular weight excluding hydrogens is 350 g/mol. The third-order valence-electron chi connectivity index (χ3n) is 3.93. The normalized spacial score (nSPS) is 11.7. The predicted octanol–water partition coefficient (Wildman–Crippen LogP) is 0.646. The monoisotopic (exact) mass is 367 g/mol. The van der Waals surface area contributed by atoms with Crippen LogP contribution in [0.5, 0.6) is 0 Å². The van der Waals surface area contributed by atoms with Crippen LogP contribution >= 0.6 is 0 Å². The SMILES string of the molecule is NC(=O)C(=O)C(CCc1ccoc1)NC(=O)c1cncn1-c1ccccn1. The second kappa shape index (κ2) is 8.09. The van der Waals surface area contributed by atoms with E-state index in [0.717, 1.165) is 5.56 Å². The van der Waals surface area contributed by atoms with E-state index in [1.54, 1.807) is 30.5 Å². The summed E-state index contributed by atoms with van der Waals surface area (Å²) < 4.78 is 6.46. The summed E-state index contributed by atoms with van der Waals surface area (Å²) in [5.41, 5.74) is 6.13. The molecule has 0 radical (unpaired) electrons. The molecule has 3 heterocycles. The highest BCUT2D eigenvalue weighted by Crippen LogP contribution is 2.11. The highest BCUT2D eigenvalue weighted by atomic mass is 16.3. The number of aryl methyl sites for hydroxylation is 1. The summed E-state index contributed by atoms with van der Waals surface area (Å²) in [7, 11) is 0. The lowest BCUT2D eigenvalue weighted by Crippen LogP contribution is -2.46. The Labute approximate surface area is 154 Å². The van der Waals surface area contributed by atoms with Gasteiger partial charge in [0.15, 0.2) is 0 Å². The zero-order valence-corrected chi connectivity index (χ0v) is 14.2. The van der Waals surface area contributed by atoms with Crippen LogP contribution in [0.2, 0.25) is 0 Å². The number of pyridine rings is 1. The molecule has 0 aliphatic rings. The lowest BCUT2D eigenvalue weighted by Gasteiger charge is -2.16. The van der Waals surface area contributed by atoms with Gasteiger partial charge in [-0.1, -0.05) is 6.07 Å². The average Bonchev–Trinajstić information content (AvgIpc) is 3.36. The van der Waals surface area contributed by atoms with Crippen LogP contribution in [0.25, 0.3) is 5.82 Å². The lowest BCUT2D eigenvalue weighted by atomic mass is 10.0. The number of ketones is 1. The maximum absolute atomic E-state index is 12.7. The third kappa shape index (κ3) is 4.27. The predicted molar refractivity (Wildman–Crippen MR) is 93.8 cm³/mol. The number of nitrogens with zero attached hydrogens (tertiary/aromatic N) is 3. The van der Waals surface area contributed by atoms with Gasteiger partial charge in [-0.3, -0.25) is 19.0 Å². The Morgan fingerprint density at radius 3 is 2.78 bits per heavy atom. The molecule has 0 saturated carbocycles. The minimum Gasteiger partial charge on any atom is -0.472 e. The molecule has 27 heavy (non-hydrogen) atoms. The van der Waals surface area contributed by atoms with Crippen LogP contribution in [0.15, 0.2) is 59.9 Å². The molecule has 0 spiro atoms. The maximum Gasteiger partial charge on any atom is 0.287 e. The van der Waals surface area contributed by atoms with Crippen molar-refractivity contribution in [2.24, 2.45) is 5.73 Å². The van der Waals surface area contributed by atoms with E-state index in [9.17, 15) is 14.4 Å². The van der Waals surface area contributed by atoms with E-state index in [1.165, 1.54) is 29.6 Å². The van der Waals surface area contributed by atoms with Crippen molar-refractivity contribution in [1.82, 2.24) is 19.9 Å². The number of rotatable bonds is 8. The number of hydrogen-bond acceptors (Lipinski definition) is 6. The van der Waals surface area contributed by atoms with Gasteiger partial charge >= 0.3 is 0 Å². The molecule has 1 unspecified atom stereocenters. The van der Waals surface area contributed by atoms with Crippen molar-refractivity contribution < 1.29 is 18.8 Å². The molecule has 0 aliphatic heterocycles. The zero-order chi connectivity index (χ0) is 19.2. The fourth-order valence-electron chi connectivity index (χ4n) is 2.56. The third-order valence-corrected chi connectivity index (χ3v) is 3.93. The van der Waals surface area contributed by atoms with Crippen LogP contribution in [-0.2, 0) is 16.0 Å². The summed E-state index contributed by atoms with van der Waals surface area (Å²) in [4.78, 5) is 44.3. The van der Waals surface area contributed by atoms with E-state index in [2.05, 4.69) is 15.3 Å². The topological polar surface area (TPSA) is 133 Å².